The molecular formula is C12H14O5S. The first-order chi connectivity index (χ1) is 8.47. The number of ether oxygens (including phenoxy) is 1. The monoisotopic (exact) mass is 270 g/mol. The van der Waals surface area contributed by atoms with Crippen molar-refractivity contribution >= 4 is 16.1 Å². The Hall–Kier alpha value is -1.66. The van der Waals surface area contributed by atoms with Gasteiger partial charge in [0.2, 0.25) is 0 Å². The first kappa shape index (κ1) is 14.4. The van der Waals surface area contributed by atoms with Crippen molar-refractivity contribution in [2.45, 2.75) is 17.9 Å². The predicted molar refractivity (Wildman–Crippen MR) is 65.3 cm³/mol. The standard InChI is InChI=1S/C12H14O5S/c1-3-9-16-12(13)10(2)17-18(14,15)11-7-5-4-6-8-11/h3-8,10H,1,9H2,2H3. The summed E-state index contributed by atoms with van der Waals surface area (Å²) in [5.74, 6) is -0.755. The molecular weight excluding hydrogens is 256 g/mol. The van der Waals surface area contributed by atoms with Crippen LogP contribution in [-0.2, 0) is 23.8 Å². The maximum Gasteiger partial charge on any atom is 0.336 e. The normalized spacial score (nSPS) is 12.7. The van der Waals surface area contributed by atoms with Gasteiger partial charge in [0.25, 0.3) is 10.1 Å². The highest BCUT2D eigenvalue weighted by Crippen LogP contribution is 2.14. The van der Waals surface area contributed by atoms with Gasteiger partial charge in [-0.25, -0.2) is 4.79 Å². The van der Waals surface area contributed by atoms with Crippen LogP contribution in [0.2, 0.25) is 0 Å². The molecule has 0 heterocycles. The van der Waals surface area contributed by atoms with Gasteiger partial charge in [-0.1, -0.05) is 30.9 Å². The van der Waals surface area contributed by atoms with Crippen molar-refractivity contribution in [2.75, 3.05) is 6.61 Å². The number of carbonyl (C=O) groups excluding carboxylic acids is 1. The van der Waals surface area contributed by atoms with Crippen LogP contribution in [0.3, 0.4) is 0 Å². The van der Waals surface area contributed by atoms with Crippen molar-refractivity contribution in [1.82, 2.24) is 0 Å². The van der Waals surface area contributed by atoms with E-state index in [1.54, 1.807) is 18.2 Å². The van der Waals surface area contributed by atoms with Crippen molar-refractivity contribution < 1.29 is 22.1 Å². The van der Waals surface area contributed by atoms with E-state index in [-0.39, 0.29) is 11.5 Å². The lowest BCUT2D eigenvalue weighted by Crippen LogP contribution is -2.26. The molecule has 0 radical (unpaired) electrons. The van der Waals surface area contributed by atoms with Crippen LogP contribution in [0.25, 0.3) is 0 Å². The summed E-state index contributed by atoms with van der Waals surface area (Å²) in [6.07, 6.45) is 0.186. The molecule has 5 nitrogen and oxygen atoms in total. The summed E-state index contributed by atoms with van der Waals surface area (Å²) < 4.78 is 33.0. The number of hydrogen-bond donors (Lipinski definition) is 0. The molecule has 18 heavy (non-hydrogen) atoms. The van der Waals surface area contributed by atoms with Crippen LogP contribution in [0.15, 0.2) is 47.9 Å². The summed E-state index contributed by atoms with van der Waals surface area (Å²) in [7, 11) is -3.96. The Morgan fingerprint density at radius 3 is 2.56 bits per heavy atom. The van der Waals surface area contributed by atoms with Gasteiger partial charge >= 0.3 is 5.97 Å². The van der Waals surface area contributed by atoms with Crippen LogP contribution in [-0.4, -0.2) is 27.1 Å². The summed E-state index contributed by atoms with van der Waals surface area (Å²) in [6.45, 7) is 4.70. The molecule has 1 atom stereocenters. The molecule has 0 aliphatic rings. The van der Waals surface area contributed by atoms with Crippen LogP contribution >= 0.6 is 0 Å². The number of hydrogen-bond acceptors (Lipinski definition) is 5. The lowest BCUT2D eigenvalue weighted by molar-refractivity contribution is -0.149. The molecule has 1 aromatic carbocycles. The van der Waals surface area contributed by atoms with E-state index in [2.05, 4.69) is 11.3 Å². The summed E-state index contributed by atoms with van der Waals surface area (Å²) >= 11 is 0. The van der Waals surface area contributed by atoms with Gasteiger partial charge in [0.15, 0.2) is 6.10 Å². The van der Waals surface area contributed by atoms with Gasteiger partial charge in [0, 0.05) is 0 Å². The van der Waals surface area contributed by atoms with E-state index >= 15 is 0 Å². The van der Waals surface area contributed by atoms with Gasteiger partial charge in [0.1, 0.15) is 6.61 Å². The smallest absolute Gasteiger partial charge is 0.336 e. The zero-order chi connectivity index (χ0) is 13.6. The summed E-state index contributed by atoms with van der Waals surface area (Å²) in [6, 6.07) is 7.59. The molecule has 0 N–H and O–H groups in total. The molecule has 0 spiro atoms. The predicted octanol–water partition coefficient (Wildman–Crippen LogP) is 1.51. The molecule has 0 aliphatic carbocycles. The molecule has 0 aliphatic heterocycles. The van der Waals surface area contributed by atoms with E-state index in [0.717, 1.165) is 0 Å². The SMILES string of the molecule is C=CCOC(=O)C(C)OS(=O)(=O)c1ccccc1. The Morgan fingerprint density at radius 2 is 2.00 bits per heavy atom. The Kier molecular flexibility index (Phi) is 5.06. The van der Waals surface area contributed by atoms with Crippen molar-refractivity contribution in [3.63, 3.8) is 0 Å². The average Bonchev–Trinajstić information content (AvgIpc) is 2.36. The number of benzene rings is 1. The average molecular weight is 270 g/mol. The molecule has 0 fully saturated rings. The van der Waals surface area contributed by atoms with E-state index in [9.17, 15) is 13.2 Å². The van der Waals surface area contributed by atoms with Crippen LogP contribution < -0.4 is 0 Å². The zero-order valence-corrected chi connectivity index (χ0v) is 10.7. The Labute approximate surface area is 106 Å². The highest BCUT2D eigenvalue weighted by atomic mass is 32.2. The first-order valence-electron chi connectivity index (χ1n) is 5.23. The molecule has 0 aromatic heterocycles. The van der Waals surface area contributed by atoms with Gasteiger partial charge in [-0.3, -0.25) is 4.18 Å². The topological polar surface area (TPSA) is 69.7 Å². The van der Waals surface area contributed by atoms with Gasteiger partial charge in [-0.2, -0.15) is 8.42 Å². The van der Waals surface area contributed by atoms with Gasteiger partial charge in [-0.15, -0.1) is 0 Å². The molecule has 1 rings (SSSR count). The lowest BCUT2D eigenvalue weighted by Gasteiger charge is -2.11. The third-order valence-electron chi connectivity index (χ3n) is 1.98. The minimum absolute atomic E-state index is 0.00614. The fourth-order valence-electron chi connectivity index (χ4n) is 1.13. The molecule has 0 saturated carbocycles. The largest absolute Gasteiger partial charge is 0.460 e. The van der Waals surface area contributed by atoms with E-state index < -0.39 is 22.2 Å². The quantitative estimate of drug-likeness (QED) is 0.445. The molecule has 0 bridgehead atoms. The fourth-order valence-corrected chi connectivity index (χ4v) is 2.19. The van der Waals surface area contributed by atoms with Crippen molar-refractivity contribution in [1.29, 1.82) is 0 Å². The minimum Gasteiger partial charge on any atom is -0.460 e. The Bertz CT molecular complexity index is 507. The third-order valence-corrected chi connectivity index (χ3v) is 3.37. The number of esters is 1. The van der Waals surface area contributed by atoms with Crippen molar-refractivity contribution in [3.8, 4) is 0 Å². The van der Waals surface area contributed by atoms with Crippen LogP contribution in [0.1, 0.15) is 6.92 Å². The highest BCUT2D eigenvalue weighted by molar-refractivity contribution is 7.86. The van der Waals surface area contributed by atoms with Crippen LogP contribution in [0.4, 0.5) is 0 Å². The molecule has 1 unspecified atom stereocenters. The van der Waals surface area contributed by atoms with Crippen LogP contribution in [0.5, 0.6) is 0 Å². The maximum atomic E-state index is 11.8. The van der Waals surface area contributed by atoms with Gasteiger partial charge in [0.05, 0.1) is 4.90 Å². The number of carbonyl (C=O) groups is 1. The van der Waals surface area contributed by atoms with Crippen molar-refractivity contribution in [3.05, 3.63) is 43.0 Å². The molecule has 1 aromatic rings. The summed E-state index contributed by atoms with van der Waals surface area (Å²) in [4.78, 5) is 11.3. The maximum absolute atomic E-state index is 11.8. The Morgan fingerprint density at radius 1 is 1.39 bits per heavy atom. The lowest BCUT2D eigenvalue weighted by atomic mass is 10.4. The number of rotatable bonds is 6. The van der Waals surface area contributed by atoms with E-state index in [4.69, 9.17) is 4.18 Å². The van der Waals surface area contributed by atoms with E-state index in [1.165, 1.54) is 25.1 Å². The first-order valence-corrected chi connectivity index (χ1v) is 6.64. The Balaban J connectivity index is 2.72. The minimum atomic E-state index is -3.96. The third kappa shape index (κ3) is 3.97. The van der Waals surface area contributed by atoms with Crippen molar-refractivity contribution in [2.24, 2.45) is 0 Å². The van der Waals surface area contributed by atoms with Crippen LogP contribution in [0, 0.1) is 0 Å². The van der Waals surface area contributed by atoms with Gasteiger partial charge < -0.3 is 4.74 Å². The summed E-state index contributed by atoms with van der Waals surface area (Å²) in [5, 5.41) is 0. The second kappa shape index (κ2) is 6.32. The molecule has 0 saturated heterocycles. The zero-order valence-electron chi connectivity index (χ0n) is 9.91. The molecule has 0 amide bonds. The van der Waals surface area contributed by atoms with E-state index in [1.807, 2.05) is 0 Å². The summed E-state index contributed by atoms with van der Waals surface area (Å²) in [5.41, 5.74) is 0. The highest BCUT2D eigenvalue weighted by Gasteiger charge is 2.24. The van der Waals surface area contributed by atoms with Gasteiger partial charge in [-0.05, 0) is 19.1 Å². The second-order valence-electron chi connectivity index (χ2n) is 3.42. The molecule has 98 valence electrons. The van der Waals surface area contributed by atoms with E-state index in [0.29, 0.717) is 0 Å². The second-order valence-corrected chi connectivity index (χ2v) is 5.00. The fraction of sp³-hybridized carbons (Fsp3) is 0.250. The molecule has 6 heteroatoms.